The van der Waals surface area contributed by atoms with Crippen molar-refractivity contribution < 1.29 is 10.2 Å². The third kappa shape index (κ3) is 2.23. The lowest BCUT2D eigenvalue weighted by molar-refractivity contribution is 0.403. The fourth-order valence-electron chi connectivity index (χ4n) is 0.756. The van der Waals surface area contributed by atoms with Crippen molar-refractivity contribution in [2.75, 3.05) is 0 Å². The monoisotopic (exact) mass is 265 g/mol. The van der Waals surface area contributed by atoms with Gasteiger partial charge in [-0.05, 0) is 17.7 Å². The summed E-state index contributed by atoms with van der Waals surface area (Å²) in [5.41, 5.74) is 0.940. The van der Waals surface area contributed by atoms with E-state index >= 15 is 0 Å². The standard InChI is InChI=1S/C7H8INO2/c8-9-4-5-1-2-6(10)7(11)3-5/h1-3,9-11H,4H2. The maximum absolute atomic E-state index is 9.05. The Hall–Kier alpha value is -0.490. The molecule has 0 radical (unpaired) electrons. The summed E-state index contributed by atoms with van der Waals surface area (Å²) in [6.45, 7) is 0.675. The first-order chi connectivity index (χ1) is 5.24. The van der Waals surface area contributed by atoms with Crippen molar-refractivity contribution >= 4 is 22.9 Å². The van der Waals surface area contributed by atoms with Crippen LogP contribution in [0.4, 0.5) is 0 Å². The maximum atomic E-state index is 9.05. The Bertz CT molecular complexity index is 252. The molecule has 0 heterocycles. The second-order valence-corrected chi connectivity index (χ2v) is 2.90. The molecule has 0 bridgehead atoms. The molecule has 0 saturated carbocycles. The van der Waals surface area contributed by atoms with Crippen LogP contribution in [0.3, 0.4) is 0 Å². The molecule has 60 valence electrons. The summed E-state index contributed by atoms with van der Waals surface area (Å²) in [4.78, 5) is 0. The number of hydrogen-bond acceptors (Lipinski definition) is 3. The molecule has 0 spiro atoms. The first-order valence-electron chi connectivity index (χ1n) is 3.08. The Balaban J connectivity index is 2.86. The molecule has 0 aromatic heterocycles. The van der Waals surface area contributed by atoms with Crippen LogP contribution in [0.15, 0.2) is 18.2 Å². The third-order valence-electron chi connectivity index (χ3n) is 1.31. The van der Waals surface area contributed by atoms with Crippen LogP contribution in [-0.2, 0) is 6.54 Å². The van der Waals surface area contributed by atoms with Crippen LogP contribution in [0, 0.1) is 0 Å². The molecule has 1 aromatic carbocycles. The number of benzene rings is 1. The van der Waals surface area contributed by atoms with Gasteiger partial charge in [-0.15, -0.1) is 0 Å². The van der Waals surface area contributed by atoms with Crippen molar-refractivity contribution in [3.05, 3.63) is 23.8 Å². The van der Waals surface area contributed by atoms with Gasteiger partial charge in [0.25, 0.3) is 0 Å². The zero-order chi connectivity index (χ0) is 8.27. The molecule has 0 aliphatic rings. The van der Waals surface area contributed by atoms with Gasteiger partial charge in [0.05, 0.1) is 0 Å². The van der Waals surface area contributed by atoms with Gasteiger partial charge in [0.15, 0.2) is 11.5 Å². The number of hydrogen-bond donors (Lipinski definition) is 3. The van der Waals surface area contributed by atoms with Crippen molar-refractivity contribution in [3.8, 4) is 11.5 Å². The molecule has 0 unspecified atom stereocenters. The summed E-state index contributed by atoms with van der Waals surface area (Å²) in [7, 11) is 0. The van der Waals surface area contributed by atoms with E-state index in [1.807, 2.05) is 22.9 Å². The highest BCUT2D eigenvalue weighted by molar-refractivity contribution is 14.1. The average molecular weight is 265 g/mol. The third-order valence-corrected chi connectivity index (χ3v) is 1.69. The van der Waals surface area contributed by atoms with E-state index in [1.165, 1.54) is 12.1 Å². The van der Waals surface area contributed by atoms with Crippen LogP contribution in [0.1, 0.15) is 5.56 Å². The molecular formula is C7H8INO2. The van der Waals surface area contributed by atoms with E-state index in [0.29, 0.717) is 6.54 Å². The molecule has 1 aromatic rings. The minimum absolute atomic E-state index is 0.0749. The van der Waals surface area contributed by atoms with Crippen molar-refractivity contribution in [2.24, 2.45) is 0 Å². The van der Waals surface area contributed by atoms with Gasteiger partial charge in [0, 0.05) is 29.4 Å². The van der Waals surface area contributed by atoms with E-state index in [0.717, 1.165) is 5.56 Å². The number of nitrogens with one attached hydrogen (secondary N) is 1. The molecule has 0 saturated heterocycles. The summed E-state index contributed by atoms with van der Waals surface area (Å²) in [5, 5.41) is 18.0. The molecule has 3 nitrogen and oxygen atoms in total. The zero-order valence-corrected chi connectivity index (χ0v) is 7.87. The number of halogens is 1. The van der Waals surface area contributed by atoms with E-state index in [4.69, 9.17) is 10.2 Å². The largest absolute Gasteiger partial charge is 0.504 e. The summed E-state index contributed by atoms with van der Waals surface area (Å²) in [6.07, 6.45) is 0. The predicted molar refractivity (Wildman–Crippen MR) is 50.6 cm³/mol. The van der Waals surface area contributed by atoms with Gasteiger partial charge in [0.1, 0.15) is 0 Å². The minimum Gasteiger partial charge on any atom is -0.504 e. The zero-order valence-electron chi connectivity index (χ0n) is 5.71. The topological polar surface area (TPSA) is 52.5 Å². The fraction of sp³-hybridized carbons (Fsp3) is 0.143. The molecule has 0 fully saturated rings. The highest BCUT2D eigenvalue weighted by Crippen LogP contribution is 2.24. The predicted octanol–water partition coefficient (Wildman–Crippen LogP) is 1.54. The number of aromatic hydroxyl groups is 2. The van der Waals surface area contributed by atoms with Crippen molar-refractivity contribution in [1.29, 1.82) is 0 Å². The molecular weight excluding hydrogens is 257 g/mol. The Kier molecular flexibility index (Phi) is 2.95. The molecule has 4 heteroatoms. The number of phenolic OH excluding ortho intramolecular Hbond substituents is 2. The summed E-state index contributed by atoms with van der Waals surface area (Å²) >= 11 is 2.02. The lowest BCUT2D eigenvalue weighted by atomic mass is 10.2. The average Bonchev–Trinajstić information content (AvgIpc) is 1.98. The van der Waals surface area contributed by atoms with Gasteiger partial charge < -0.3 is 10.2 Å². The molecule has 0 atom stereocenters. The van der Waals surface area contributed by atoms with E-state index in [-0.39, 0.29) is 11.5 Å². The van der Waals surface area contributed by atoms with E-state index in [2.05, 4.69) is 3.53 Å². The first kappa shape index (κ1) is 8.61. The van der Waals surface area contributed by atoms with Gasteiger partial charge in [0.2, 0.25) is 0 Å². The maximum Gasteiger partial charge on any atom is 0.157 e. The van der Waals surface area contributed by atoms with Crippen LogP contribution in [0.5, 0.6) is 11.5 Å². The second kappa shape index (κ2) is 3.77. The number of phenols is 2. The van der Waals surface area contributed by atoms with E-state index < -0.39 is 0 Å². The van der Waals surface area contributed by atoms with Gasteiger partial charge in [-0.2, -0.15) is 0 Å². The minimum atomic E-state index is -0.0813. The first-order valence-corrected chi connectivity index (χ1v) is 4.16. The molecule has 1 rings (SSSR count). The van der Waals surface area contributed by atoms with Gasteiger partial charge in [-0.25, -0.2) is 0 Å². The second-order valence-electron chi connectivity index (χ2n) is 2.13. The fourth-order valence-corrected chi connectivity index (χ4v) is 1.20. The molecule has 11 heavy (non-hydrogen) atoms. The smallest absolute Gasteiger partial charge is 0.157 e. The van der Waals surface area contributed by atoms with Crippen LogP contribution in [-0.4, -0.2) is 10.2 Å². The van der Waals surface area contributed by atoms with Crippen molar-refractivity contribution in [1.82, 2.24) is 3.53 Å². The Labute approximate surface area is 78.6 Å². The van der Waals surface area contributed by atoms with Crippen LogP contribution in [0.2, 0.25) is 0 Å². The van der Waals surface area contributed by atoms with Gasteiger partial charge in [-0.1, -0.05) is 6.07 Å². The Morgan fingerprint density at radius 1 is 1.27 bits per heavy atom. The van der Waals surface area contributed by atoms with Crippen LogP contribution in [0.25, 0.3) is 0 Å². The highest BCUT2D eigenvalue weighted by Gasteiger charge is 1.98. The Morgan fingerprint density at radius 2 is 2.00 bits per heavy atom. The van der Waals surface area contributed by atoms with Gasteiger partial charge in [-0.3, -0.25) is 3.53 Å². The van der Waals surface area contributed by atoms with E-state index in [9.17, 15) is 0 Å². The van der Waals surface area contributed by atoms with Crippen LogP contribution < -0.4 is 3.53 Å². The lowest BCUT2D eigenvalue weighted by Gasteiger charge is -2.00. The molecule has 0 aliphatic heterocycles. The molecule has 0 aliphatic carbocycles. The highest BCUT2D eigenvalue weighted by atomic mass is 127. The van der Waals surface area contributed by atoms with Crippen molar-refractivity contribution in [2.45, 2.75) is 6.54 Å². The molecule has 3 N–H and O–H groups in total. The van der Waals surface area contributed by atoms with Crippen molar-refractivity contribution in [3.63, 3.8) is 0 Å². The van der Waals surface area contributed by atoms with Gasteiger partial charge >= 0.3 is 0 Å². The Morgan fingerprint density at radius 3 is 2.55 bits per heavy atom. The lowest BCUT2D eigenvalue weighted by Crippen LogP contribution is -1.96. The summed E-state index contributed by atoms with van der Waals surface area (Å²) < 4.78 is 2.91. The number of rotatable bonds is 2. The van der Waals surface area contributed by atoms with E-state index in [1.54, 1.807) is 6.07 Å². The normalized spacial score (nSPS) is 9.91. The summed E-state index contributed by atoms with van der Waals surface area (Å²) in [5.74, 6) is -0.156. The summed E-state index contributed by atoms with van der Waals surface area (Å²) in [6, 6.07) is 4.75. The van der Waals surface area contributed by atoms with Crippen LogP contribution >= 0.6 is 22.9 Å². The molecule has 0 amide bonds. The SMILES string of the molecule is Oc1ccc(CNI)cc1O. The quantitative estimate of drug-likeness (QED) is 0.432.